The van der Waals surface area contributed by atoms with Crippen LogP contribution >= 0.6 is 0 Å². The molecule has 0 aromatic rings. The minimum Gasteiger partial charge on any atom is -0.352 e. The third kappa shape index (κ3) is 2.99. The maximum atomic E-state index is 12.2. The smallest absolute Gasteiger partial charge is 0.226 e. The van der Waals surface area contributed by atoms with Crippen LogP contribution in [0.1, 0.15) is 39.5 Å². The van der Waals surface area contributed by atoms with Crippen molar-refractivity contribution in [3.63, 3.8) is 0 Å². The second kappa shape index (κ2) is 5.91. The van der Waals surface area contributed by atoms with E-state index in [2.05, 4.69) is 23.5 Å². The minimum absolute atomic E-state index is 0.0795. The fourth-order valence-corrected chi connectivity index (χ4v) is 2.25. The van der Waals surface area contributed by atoms with E-state index in [1.807, 2.05) is 6.92 Å². The van der Waals surface area contributed by atoms with Gasteiger partial charge in [-0.3, -0.25) is 4.79 Å². The van der Waals surface area contributed by atoms with E-state index in [0.717, 1.165) is 32.4 Å². The van der Waals surface area contributed by atoms with Gasteiger partial charge in [-0.15, -0.1) is 12.3 Å². The number of piperidine rings is 1. The highest BCUT2D eigenvalue weighted by Crippen LogP contribution is 2.32. The summed E-state index contributed by atoms with van der Waals surface area (Å²) in [4.78, 5) is 12.2. The third-order valence-corrected chi connectivity index (χ3v) is 3.52. The maximum absolute atomic E-state index is 12.2. The van der Waals surface area contributed by atoms with Crippen LogP contribution in [0.4, 0.5) is 0 Å². The van der Waals surface area contributed by atoms with E-state index in [0.29, 0.717) is 6.42 Å². The Labute approximate surface area is 98.4 Å². The number of amides is 1. The van der Waals surface area contributed by atoms with Gasteiger partial charge < -0.3 is 10.6 Å². The van der Waals surface area contributed by atoms with Gasteiger partial charge in [-0.05, 0) is 39.3 Å². The van der Waals surface area contributed by atoms with E-state index in [-0.39, 0.29) is 17.4 Å². The second-order valence-corrected chi connectivity index (χ2v) is 4.67. The molecule has 0 aliphatic carbocycles. The van der Waals surface area contributed by atoms with Crippen LogP contribution in [-0.2, 0) is 4.79 Å². The fourth-order valence-electron chi connectivity index (χ4n) is 2.25. The van der Waals surface area contributed by atoms with Crippen molar-refractivity contribution in [1.82, 2.24) is 10.6 Å². The van der Waals surface area contributed by atoms with Gasteiger partial charge in [0.15, 0.2) is 0 Å². The summed E-state index contributed by atoms with van der Waals surface area (Å²) < 4.78 is 0. The van der Waals surface area contributed by atoms with Gasteiger partial charge in [0, 0.05) is 12.5 Å². The highest BCUT2D eigenvalue weighted by Gasteiger charge is 2.37. The molecular formula is C13H22N2O. The van der Waals surface area contributed by atoms with Gasteiger partial charge in [0.25, 0.3) is 0 Å². The van der Waals surface area contributed by atoms with Crippen LogP contribution in [0.3, 0.4) is 0 Å². The number of hydrogen-bond donors (Lipinski definition) is 2. The summed E-state index contributed by atoms with van der Waals surface area (Å²) in [6.07, 6.45) is 8.60. The summed E-state index contributed by atoms with van der Waals surface area (Å²) in [5.41, 5.74) is -0.173. The van der Waals surface area contributed by atoms with Gasteiger partial charge in [-0.25, -0.2) is 0 Å². The first kappa shape index (κ1) is 13.1. The molecule has 0 aromatic carbocycles. The van der Waals surface area contributed by atoms with Crippen molar-refractivity contribution in [2.24, 2.45) is 5.41 Å². The van der Waals surface area contributed by atoms with Crippen LogP contribution in [0, 0.1) is 17.8 Å². The molecule has 1 saturated heterocycles. The molecule has 1 atom stereocenters. The first-order valence-corrected chi connectivity index (χ1v) is 6.10. The standard InChI is InChI=1S/C13H22N2O/c1-4-6-11(3)15-12(16)13(5-2)7-9-14-10-8-13/h1,11,14H,5-10H2,2-3H3,(H,15,16). The quantitative estimate of drug-likeness (QED) is 0.704. The molecule has 1 rings (SSSR count). The highest BCUT2D eigenvalue weighted by atomic mass is 16.2. The van der Waals surface area contributed by atoms with Crippen molar-refractivity contribution in [2.75, 3.05) is 13.1 Å². The van der Waals surface area contributed by atoms with Crippen LogP contribution < -0.4 is 10.6 Å². The monoisotopic (exact) mass is 222 g/mol. The topological polar surface area (TPSA) is 41.1 Å². The molecule has 1 fully saturated rings. The van der Waals surface area contributed by atoms with Gasteiger partial charge in [0.1, 0.15) is 0 Å². The van der Waals surface area contributed by atoms with Crippen LogP contribution in [0.15, 0.2) is 0 Å². The van der Waals surface area contributed by atoms with E-state index in [4.69, 9.17) is 6.42 Å². The Morgan fingerprint density at radius 3 is 2.69 bits per heavy atom. The van der Waals surface area contributed by atoms with Crippen LogP contribution in [0.5, 0.6) is 0 Å². The molecule has 1 aliphatic heterocycles. The molecule has 16 heavy (non-hydrogen) atoms. The summed E-state index contributed by atoms with van der Waals surface area (Å²) in [6.45, 7) is 5.93. The van der Waals surface area contributed by atoms with Crippen molar-refractivity contribution in [1.29, 1.82) is 0 Å². The summed E-state index contributed by atoms with van der Waals surface area (Å²) in [6, 6.07) is 0.0795. The van der Waals surface area contributed by atoms with Crippen LogP contribution in [-0.4, -0.2) is 25.0 Å². The molecule has 0 saturated carbocycles. The molecule has 0 bridgehead atoms. The number of rotatable bonds is 4. The van der Waals surface area contributed by atoms with Gasteiger partial charge in [0.2, 0.25) is 5.91 Å². The predicted octanol–water partition coefficient (Wildman–Crippen LogP) is 1.29. The fraction of sp³-hybridized carbons (Fsp3) is 0.769. The average molecular weight is 222 g/mol. The Hall–Kier alpha value is -1.01. The van der Waals surface area contributed by atoms with Crippen LogP contribution in [0.25, 0.3) is 0 Å². The maximum Gasteiger partial charge on any atom is 0.226 e. The first-order valence-electron chi connectivity index (χ1n) is 6.10. The van der Waals surface area contributed by atoms with E-state index in [1.165, 1.54) is 0 Å². The number of carbonyl (C=O) groups excluding carboxylic acids is 1. The molecule has 0 radical (unpaired) electrons. The van der Waals surface area contributed by atoms with Crippen molar-refractivity contribution >= 4 is 5.91 Å². The zero-order valence-electron chi connectivity index (χ0n) is 10.3. The molecule has 90 valence electrons. The predicted molar refractivity (Wildman–Crippen MR) is 65.9 cm³/mol. The molecule has 2 N–H and O–H groups in total. The Bertz CT molecular complexity index is 274. The largest absolute Gasteiger partial charge is 0.352 e. The second-order valence-electron chi connectivity index (χ2n) is 4.67. The lowest BCUT2D eigenvalue weighted by molar-refractivity contribution is -0.133. The number of carbonyl (C=O) groups is 1. The first-order chi connectivity index (χ1) is 7.64. The van der Waals surface area contributed by atoms with Crippen molar-refractivity contribution in [3.05, 3.63) is 0 Å². The lowest BCUT2D eigenvalue weighted by Crippen LogP contribution is -2.49. The lowest BCUT2D eigenvalue weighted by Gasteiger charge is -2.36. The number of hydrogen-bond acceptors (Lipinski definition) is 2. The number of terminal acetylenes is 1. The molecule has 0 aromatic heterocycles. The van der Waals surface area contributed by atoms with Crippen molar-refractivity contribution in [3.8, 4) is 12.3 Å². The molecule has 1 heterocycles. The highest BCUT2D eigenvalue weighted by molar-refractivity contribution is 5.83. The zero-order chi connectivity index (χ0) is 12.0. The normalized spacial score (nSPS) is 20.8. The van der Waals surface area contributed by atoms with E-state index in [9.17, 15) is 4.79 Å². The van der Waals surface area contributed by atoms with Gasteiger partial charge >= 0.3 is 0 Å². The molecule has 1 unspecified atom stereocenters. The molecule has 3 heteroatoms. The van der Waals surface area contributed by atoms with Crippen molar-refractivity contribution < 1.29 is 4.79 Å². The van der Waals surface area contributed by atoms with Gasteiger partial charge in [-0.2, -0.15) is 0 Å². The minimum atomic E-state index is -0.173. The Kier molecular flexibility index (Phi) is 4.82. The summed E-state index contributed by atoms with van der Waals surface area (Å²) >= 11 is 0. The molecule has 3 nitrogen and oxygen atoms in total. The average Bonchev–Trinajstić information content (AvgIpc) is 2.30. The Morgan fingerprint density at radius 1 is 1.56 bits per heavy atom. The lowest BCUT2D eigenvalue weighted by atomic mass is 9.75. The van der Waals surface area contributed by atoms with Crippen molar-refractivity contribution in [2.45, 2.75) is 45.6 Å². The molecule has 1 aliphatic rings. The Morgan fingerprint density at radius 2 is 2.19 bits per heavy atom. The van der Waals surface area contributed by atoms with E-state index in [1.54, 1.807) is 0 Å². The third-order valence-electron chi connectivity index (χ3n) is 3.52. The van der Waals surface area contributed by atoms with Gasteiger partial charge in [-0.1, -0.05) is 6.92 Å². The summed E-state index contributed by atoms with van der Waals surface area (Å²) in [7, 11) is 0. The molecule has 1 amide bonds. The Balaban J connectivity index is 2.58. The SMILES string of the molecule is C#CCC(C)NC(=O)C1(CC)CCNCC1. The van der Waals surface area contributed by atoms with E-state index >= 15 is 0 Å². The summed E-state index contributed by atoms with van der Waals surface area (Å²) in [5.74, 6) is 2.76. The summed E-state index contributed by atoms with van der Waals surface area (Å²) in [5, 5.41) is 6.33. The van der Waals surface area contributed by atoms with E-state index < -0.39 is 0 Å². The zero-order valence-corrected chi connectivity index (χ0v) is 10.3. The van der Waals surface area contributed by atoms with Gasteiger partial charge in [0.05, 0.1) is 5.41 Å². The van der Waals surface area contributed by atoms with Crippen LogP contribution in [0.2, 0.25) is 0 Å². The molecule has 0 spiro atoms. The number of nitrogens with one attached hydrogen (secondary N) is 2. The molecular weight excluding hydrogens is 200 g/mol.